The fourth-order valence-electron chi connectivity index (χ4n) is 2.70. The van der Waals surface area contributed by atoms with E-state index in [1.54, 1.807) is 12.1 Å². The van der Waals surface area contributed by atoms with Crippen LogP contribution >= 0.6 is 0 Å². The van der Waals surface area contributed by atoms with Gasteiger partial charge in [-0.05, 0) is 25.5 Å². The molecule has 2 unspecified atom stereocenters. The highest BCUT2D eigenvalue weighted by atomic mass is 19.3. The lowest BCUT2D eigenvalue weighted by Gasteiger charge is -2.41. The molecule has 0 saturated carbocycles. The molecule has 0 bridgehead atoms. The molecule has 1 aromatic carbocycles. The molecule has 2 atom stereocenters. The molecule has 1 fully saturated rings. The number of para-hydroxylation sites is 2. The second-order valence-corrected chi connectivity index (χ2v) is 5.24. The SMILES string of the molecule is CCCC1CN(c2ccccc2OC(F)F)C(C)CN1. The summed E-state index contributed by atoms with van der Waals surface area (Å²) in [6.45, 7) is 3.12. The maximum atomic E-state index is 12.5. The Labute approximate surface area is 118 Å². The maximum absolute atomic E-state index is 12.5. The number of halogens is 2. The van der Waals surface area contributed by atoms with Gasteiger partial charge in [-0.3, -0.25) is 0 Å². The zero-order chi connectivity index (χ0) is 14.5. The topological polar surface area (TPSA) is 24.5 Å². The van der Waals surface area contributed by atoms with E-state index >= 15 is 0 Å². The van der Waals surface area contributed by atoms with Gasteiger partial charge in [0.1, 0.15) is 5.75 Å². The lowest BCUT2D eigenvalue weighted by Crippen LogP contribution is -2.55. The maximum Gasteiger partial charge on any atom is 0.387 e. The Kier molecular flexibility index (Phi) is 5.17. The first-order valence-corrected chi connectivity index (χ1v) is 7.15. The van der Waals surface area contributed by atoms with E-state index in [0.29, 0.717) is 6.04 Å². The van der Waals surface area contributed by atoms with Crippen LogP contribution in [0.4, 0.5) is 14.5 Å². The Balaban J connectivity index is 2.19. The van der Waals surface area contributed by atoms with Crippen molar-refractivity contribution in [2.75, 3.05) is 18.0 Å². The van der Waals surface area contributed by atoms with Crippen molar-refractivity contribution >= 4 is 5.69 Å². The number of benzene rings is 1. The van der Waals surface area contributed by atoms with E-state index in [4.69, 9.17) is 0 Å². The number of ether oxygens (including phenoxy) is 1. The van der Waals surface area contributed by atoms with Crippen LogP contribution in [-0.4, -0.2) is 31.8 Å². The summed E-state index contributed by atoms with van der Waals surface area (Å²) < 4.78 is 29.7. The summed E-state index contributed by atoms with van der Waals surface area (Å²) in [5.41, 5.74) is 0.753. The lowest BCUT2D eigenvalue weighted by molar-refractivity contribution is -0.0495. The Morgan fingerprint density at radius 3 is 2.85 bits per heavy atom. The third-order valence-electron chi connectivity index (χ3n) is 3.68. The second kappa shape index (κ2) is 6.88. The van der Waals surface area contributed by atoms with Crippen molar-refractivity contribution in [2.45, 2.75) is 45.4 Å². The van der Waals surface area contributed by atoms with E-state index in [2.05, 4.69) is 28.8 Å². The zero-order valence-corrected chi connectivity index (χ0v) is 12.0. The van der Waals surface area contributed by atoms with Crippen LogP contribution < -0.4 is 15.0 Å². The van der Waals surface area contributed by atoms with Crippen LogP contribution in [0.15, 0.2) is 24.3 Å². The molecule has 20 heavy (non-hydrogen) atoms. The van der Waals surface area contributed by atoms with E-state index in [0.717, 1.165) is 31.6 Å². The van der Waals surface area contributed by atoms with Crippen LogP contribution in [0.3, 0.4) is 0 Å². The van der Waals surface area contributed by atoms with E-state index < -0.39 is 6.61 Å². The van der Waals surface area contributed by atoms with Crippen molar-refractivity contribution in [1.82, 2.24) is 5.32 Å². The predicted octanol–water partition coefficient (Wildman–Crippen LogP) is 3.25. The van der Waals surface area contributed by atoms with Crippen molar-refractivity contribution in [3.63, 3.8) is 0 Å². The van der Waals surface area contributed by atoms with E-state index in [1.807, 2.05) is 12.1 Å². The molecule has 1 aromatic rings. The van der Waals surface area contributed by atoms with Crippen molar-refractivity contribution in [2.24, 2.45) is 0 Å². The van der Waals surface area contributed by atoms with Gasteiger partial charge in [-0.1, -0.05) is 25.5 Å². The van der Waals surface area contributed by atoms with Crippen LogP contribution in [-0.2, 0) is 0 Å². The highest BCUT2D eigenvalue weighted by Crippen LogP contribution is 2.32. The van der Waals surface area contributed by atoms with Crippen molar-refractivity contribution in [3.8, 4) is 5.75 Å². The number of nitrogens with zero attached hydrogens (tertiary/aromatic N) is 1. The fourth-order valence-corrected chi connectivity index (χ4v) is 2.70. The summed E-state index contributed by atoms with van der Waals surface area (Å²) in [4.78, 5) is 2.16. The van der Waals surface area contributed by atoms with Crippen molar-refractivity contribution in [3.05, 3.63) is 24.3 Å². The molecule has 1 heterocycles. The third kappa shape index (κ3) is 3.60. The minimum Gasteiger partial charge on any atom is -0.433 e. The number of nitrogens with one attached hydrogen (secondary N) is 1. The molecular weight excluding hydrogens is 262 g/mol. The number of hydrogen-bond donors (Lipinski definition) is 1. The summed E-state index contributed by atoms with van der Waals surface area (Å²) in [6, 6.07) is 7.68. The molecule has 0 amide bonds. The predicted molar refractivity (Wildman–Crippen MR) is 76.6 cm³/mol. The van der Waals surface area contributed by atoms with Gasteiger partial charge in [0.2, 0.25) is 0 Å². The van der Waals surface area contributed by atoms with Crippen LogP contribution in [0.1, 0.15) is 26.7 Å². The molecule has 0 radical (unpaired) electrons. The number of hydrogen-bond acceptors (Lipinski definition) is 3. The number of piperazine rings is 1. The van der Waals surface area contributed by atoms with Gasteiger partial charge in [-0.25, -0.2) is 0 Å². The highest BCUT2D eigenvalue weighted by molar-refractivity contribution is 5.59. The van der Waals surface area contributed by atoms with Gasteiger partial charge in [0.15, 0.2) is 0 Å². The largest absolute Gasteiger partial charge is 0.433 e. The molecule has 1 N–H and O–H groups in total. The Hall–Kier alpha value is -1.36. The average Bonchev–Trinajstić information content (AvgIpc) is 2.41. The molecular formula is C15H22F2N2O. The minimum absolute atomic E-state index is 0.255. The summed E-state index contributed by atoms with van der Waals surface area (Å²) in [6.07, 6.45) is 2.19. The summed E-state index contributed by atoms with van der Waals surface area (Å²) in [5.74, 6) is 0.256. The molecule has 0 aromatic heterocycles. The Morgan fingerprint density at radius 2 is 2.15 bits per heavy atom. The summed E-state index contributed by atoms with van der Waals surface area (Å²) >= 11 is 0. The molecule has 1 saturated heterocycles. The van der Waals surface area contributed by atoms with Gasteiger partial charge in [0, 0.05) is 25.2 Å². The quantitative estimate of drug-likeness (QED) is 0.898. The lowest BCUT2D eigenvalue weighted by atomic mass is 10.0. The molecule has 1 aliphatic rings. The van der Waals surface area contributed by atoms with E-state index in [1.165, 1.54) is 0 Å². The van der Waals surface area contributed by atoms with Crippen LogP contribution in [0.5, 0.6) is 5.75 Å². The van der Waals surface area contributed by atoms with Gasteiger partial charge in [-0.2, -0.15) is 8.78 Å². The van der Waals surface area contributed by atoms with Gasteiger partial charge in [-0.15, -0.1) is 0 Å². The van der Waals surface area contributed by atoms with Gasteiger partial charge in [0.05, 0.1) is 5.69 Å². The van der Waals surface area contributed by atoms with Crippen LogP contribution in [0.2, 0.25) is 0 Å². The van der Waals surface area contributed by atoms with Crippen LogP contribution in [0.25, 0.3) is 0 Å². The smallest absolute Gasteiger partial charge is 0.387 e. The molecule has 112 valence electrons. The molecule has 0 aliphatic carbocycles. The minimum atomic E-state index is -2.79. The van der Waals surface area contributed by atoms with Gasteiger partial charge in [0.25, 0.3) is 0 Å². The molecule has 1 aliphatic heterocycles. The van der Waals surface area contributed by atoms with Gasteiger partial charge >= 0.3 is 6.61 Å². The normalized spacial score (nSPS) is 23.1. The van der Waals surface area contributed by atoms with E-state index in [9.17, 15) is 8.78 Å². The number of anilines is 1. The number of alkyl halides is 2. The summed E-state index contributed by atoms with van der Waals surface area (Å²) in [5, 5.41) is 3.50. The third-order valence-corrected chi connectivity index (χ3v) is 3.68. The monoisotopic (exact) mass is 284 g/mol. The molecule has 0 spiro atoms. The average molecular weight is 284 g/mol. The molecule has 5 heteroatoms. The second-order valence-electron chi connectivity index (χ2n) is 5.24. The van der Waals surface area contributed by atoms with Crippen LogP contribution in [0, 0.1) is 0 Å². The fraction of sp³-hybridized carbons (Fsp3) is 0.600. The summed E-state index contributed by atoms with van der Waals surface area (Å²) in [7, 11) is 0. The van der Waals surface area contributed by atoms with Gasteiger partial charge < -0.3 is 15.0 Å². The van der Waals surface area contributed by atoms with E-state index in [-0.39, 0.29) is 11.8 Å². The standard InChI is InChI=1S/C15H22F2N2O/c1-3-6-12-10-19(11(2)9-18-12)13-7-4-5-8-14(13)20-15(16)17/h4-5,7-8,11-12,15,18H,3,6,9-10H2,1-2H3. The molecule has 2 rings (SSSR count). The van der Waals surface area contributed by atoms with Crippen molar-refractivity contribution < 1.29 is 13.5 Å². The first kappa shape index (κ1) is 15.0. The first-order valence-electron chi connectivity index (χ1n) is 7.15. The Morgan fingerprint density at radius 1 is 1.40 bits per heavy atom. The number of rotatable bonds is 5. The zero-order valence-electron chi connectivity index (χ0n) is 12.0. The first-order chi connectivity index (χ1) is 9.61. The highest BCUT2D eigenvalue weighted by Gasteiger charge is 2.26. The Bertz CT molecular complexity index is 428. The molecule has 3 nitrogen and oxygen atoms in total. The van der Waals surface area contributed by atoms with Crippen molar-refractivity contribution in [1.29, 1.82) is 0 Å².